The Morgan fingerprint density at radius 2 is 0.780 bits per heavy atom. The van der Waals surface area contributed by atoms with Gasteiger partial charge in [0.15, 0.2) is 0 Å². The molecule has 0 unspecified atom stereocenters. The molecule has 0 aliphatic heterocycles. The molecule has 0 aromatic heterocycles. The first-order valence-electron chi connectivity index (χ1n) is 16.6. The summed E-state index contributed by atoms with van der Waals surface area (Å²) in [4.78, 5) is 0. The van der Waals surface area contributed by atoms with Crippen molar-refractivity contribution in [3.63, 3.8) is 0 Å². The van der Waals surface area contributed by atoms with E-state index >= 15 is 0 Å². The fourth-order valence-electron chi connectivity index (χ4n) is 7.64. The van der Waals surface area contributed by atoms with Crippen LogP contribution in [0.5, 0.6) is 0 Å². The van der Waals surface area contributed by atoms with E-state index in [1.807, 2.05) is 0 Å². The minimum Gasteiger partial charge on any atom is -0.358 e. The van der Waals surface area contributed by atoms with Crippen LogP contribution in [0, 0.1) is 42.5 Å². The van der Waals surface area contributed by atoms with Crippen molar-refractivity contribution in [3.8, 4) is 22.3 Å². The quantitative estimate of drug-likeness (QED) is 0.116. The van der Waals surface area contributed by atoms with E-state index in [2.05, 4.69) is 185 Å². The van der Waals surface area contributed by atoms with Gasteiger partial charge in [-0.3, -0.25) is 0 Å². The second kappa shape index (κ2) is 14.7. The molecule has 0 atom stereocenters. The van der Waals surface area contributed by atoms with Gasteiger partial charge in [0.2, 0.25) is 0 Å². The summed E-state index contributed by atoms with van der Waals surface area (Å²) in [6, 6.07) is 59.4. The SMILES string of the molecule is Cc1ccc(C(c2ccc(C)cc2)(c2cc3c(-c4cccc(C)c4)cccc3[cH-]2)c2cc3c(-c4cccc(C)c4)cccc3[cH-]2)cc1.[CH3-].[CH3-].[Hf+4]. The molecule has 0 bridgehead atoms. The maximum absolute atomic E-state index is 2.46. The fraction of sp³-hybridized carbons (Fsp3) is 0.102. The molecule has 0 N–H and O–H groups in total. The van der Waals surface area contributed by atoms with Crippen LogP contribution in [0.3, 0.4) is 0 Å². The summed E-state index contributed by atoms with van der Waals surface area (Å²) in [7, 11) is 0. The van der Waals surface area contributed by atoms with E-state index in [-0.39, 0.29) is 40.7 Å². The Morgan fingerprint density at radius 3 is 1.16 bits per heavy atom. The molecular weight excluding hydrogens is 767 g/mol. The van der Waals surface area contributed by atoms with E-state index in [1.165, 1.54) is 88.3 Å². The van der Waals surface area contributed by atoms with Gasteiger partial charge in [0.05, 0.1) is 0 Å². The van der Waals surface area contributed by atoms with Crippen LogP contribution < -0.4 is 0 Å². The maximum Gasteiger partial charge on any atom is 4.00 e. The standard InChI is InChI=1S/C47H38.2CH3.Hf/c1-31-17-21-39(22-18-31)47(40-23-19-32(2)20-24-40,41-27-37-13-7-15-43(45(37)29-41)35-11-5-9-33(3)25-35)42-28-38-14-8-16-44(46(38)30-42)36-12-6-10-34(4)26-36;;;/h5-30H,1-4H3;2*1H3;/q-2;2*-1;+4. The molecule has 8 aromatic rings. The molecule has 0 amide bonds. The zero-order valence-electron chi connectivity index (χ0n) is 30.0. The number of hydrogen-bond acceptors (Lipinski definition) is 0. The fourth-order valence-corrected chi connectivity index (χ4v) is 7.64. The second-order valence-electron chi connectivity index (χ2n) is 13.3. The smallest absolute Gasteiger partial charge is 0.358 e. The third-order valence-electron chi connectivity index (χ3n) is 9.99. The summed E-state index contributed by atoms with van der Waals surface area (Å²) in [5, 5.41) is 5.10. The van der Waals surface area contributed by atoms with Crippen molar-refractivity contribution in [2.24, 2.45) is 0 Å². The van der Waals surface area contributed by atoms with Gasteiger partial charge in [-0.05, 0) is 49.9 Å². The van der Waals surface area contributed by atoms with E-state index in [0.717, 1.165) is 0 Å². The van der Waals surface area contributed by atoms with Gasteiger partial charge in [0.1, 0.15) is 0 Å². The van der Waals surface area contributed by atoms with Crippen molar-refractivity contribution in [1.29, 1.82) is 0 Å². The van der Waals surface area contributed by atoms with Crippen molar-refractivity contribution in [2.45, 2.75) is 33.1 Å². The molecule has 0 aliphatic rings. The van der Waals surface area contributed by atoms with Crippen molar-refractivity contribution in [2.75, 3.05) is 0 Å². The molecule has 0 aliphatic carbocycles. The van der Waals surface area contributed by atoms with Crippen LogP contribution >= 0.6 is 0 Å². The van der Waals surface area contributed by atoms with Crippen LogP contribution in [0.25, 0.3) is 43.8 Å². The van der Waals surface area contributed by atoms with Crippen molar-refractivity contribution >= 4 is 21.5 Å². The molecule has 0 radical (unpaired) electrons. The zero-order chi connectivity index (χ0) is 32.1. The largest absolute Gasteiger partial charge is 4.00 e. The first-order valence-corrected chi connectivity index (χ1v) is 16.6. The van der Waals surface area contributed by atoms with Crippen LogP contribution in [0.2, 0.25) is 0 Å². The van der Waals surface area contributed by atoms with Crippen LogP contribution in [0.1, 0.15) is 44.5 Å². The van der Waals surface area contributed by atoms with Crippen molar-refractivity contribution in [3.05, 3.63) is 217 Å². The average molecular weight is 811 g/mol. The first-order chi connectivity index (χ1) is 22.9. The molecule has 0 nitrogen and oxygen atoms in total. The third-order valence-corrected chi connectivity index (χ3v) is 9.99. The molecular formula is C49H44Hf. The Hall–Kier alpha value is -4.59. The first kappa shape index (κ1) is 36.7. The van der Waals surface area contributed by atoms with Crippen molar-refractivity contribution in [1.82, 2.24) is 0 Å². The summed E-state index contributed by atoms with van der Waals surface area (Å²) >= 11 is 0. The van der Waals surface area contributed by atoms with E-state index in [0.29, 0.717) is 0 Å². The normalized spacial score (nSPS) is 11.1. The number of benzene rings is 6. The minimum absolute atomic E-state index is 0. The predicted molar refractivity (Wildman–Crippen MR) is 214 cm³/mol. The number of hydrogen-bond donors (Lipinski definition) is 0. The zero-order valence-corrected chi connectivity index (χ0v) is 33.6. The third kappa shape index (κ3) is 6.29. The molecule has 0 fully saturated rings. The number of fused-ring (bicyclic) bond motifs is 2. The molecule has 50 heavy (non-hydrogen) atoms. The number of rotatable bonds is 6. The van der Waals surface area contributed by atoms with E-state index in [1.54, 1.807) is 0 Å². The second-order valence-corrected chi connectivity index (χ2v) is 13.3. The Balaban J connectivity index is 0.00000162. The van der Waals surface area contributed by atoms with E-state index < -0.39 is 5.41 Å². The van der Waals surface area contributed by atoms with Gasteiger partial charge >= 0.3 is 25.8 Å². The maximum atomic E-state index is 2.46. The predicted octanol–water partition coefficient (Wildman–Crippen LogP) is 13.3. The van der Waals surface area contributed by atoms with Gasteiger partial charge in [-0.25, -0.2) is 0 Å². The van der Waals surface area contributed by atoms with E-state index in [9.17, 15) is 0 Å². The van der Waals surface area contributed by atoms with Crippen LogP contribution in [-0.2, 0) is 31.3 Å². The molecule has 0 spiro atoms. The topological polar surface area (TPSA) is 0 Å². The summed E-state index contributed by atoms with van der Waals surface area (Å²) in [5.74, 6) is 0. The summed E-state index contributed by atoms with van der Waals surface area (Å²) < 4.78 is 0. The summed E-state index contributed by atoms with van der Waals surface area (Å²) in [5.41, 5.74) is 14.7. The van der Waals surface area contributed by atoms with Crippen LogP contribution in [0.4, 0.5) is 0 Å². The van der Waals surface area contributed by atoms with Gasteiger partial charge in [-0.2, -0.15) is 12.1 Å². The molecule has 8 aromatic carbocycles. The molecule has 0 heterocycles. The van der Waals surface area contributed by atoms with Gasteiger partial charge in [0.25, 0.3) is 0 Å². The van der Waals surface area contributed by atoms with E-state index in [4.69, 9.17) is 0 Å². The Morgan fingerprint density at radius 1 is 0.400 bits per heavy atom. The average Bonchev–Trinajstić information content (AvgIpc) is 3.72. The Kier molecular flexibility index (Phi) is 10.8. The summed E-state index contributed by atoms with van der Waals surface area (Å²) in [6.07, 6.45) is 0. The van der Waals surface area contributed by atoms with Gasteiger partial charge in [-0.1, -0.05) is 143 Å². The Bertz CT molecular complexity index is 2210. The van der Waals surface area contributed by atoms with Gasteiger partial charge < -0.3 is 14.9 Å². The molecule has 0 saturated carbocycles. The molecule has 244 valence electrons. The number of aryl methyl sites for hydroxylation is 4. The van der Waals surface area contributed by atoms with Crippen LogP contribution in [-0.4, -0.2) is 0 Å². The van der Waals surface area contributed by atoms with Crippen molar-refractivity contribution < 1.29 is 25.8 Å². The van der Waals surface area contributed by atoms with Crippen LogP contribution in [0.15, 0.2) is 158 Å². The minimum atomic E-state index is -0.535. The monoisotopic (exact) mass is 812 g/mol. The summed E-state index contributed by atoms with van der Waals surface area (Å²) in [6.45, 7) is 8.69. The molecule has 0 saturated heterocycles. The van der Waals surface area contributed by atoms with Gasteiger partial charge in [0, 0.05) is 5.41 Å². The molecule has 8 rings (SSSR count). The molecule has 1 heteroatoms. The van der Waals surface area contributed by atoms with Gasteiger partial charge in [-0.15, -0.1) is 69.1 Å². The Labute approximate surface area is 318 Å².